The maximum absolute atomic E-state index is 2.78. The van der Waals surface area contributed by atoms with Gasteiger partial charge in [-0.3, -0.25) is 4.90 Å². The van der Waals surface area contributed by atoms with Crippen molar-refractivity contribution in [1.82, 2.24) is 4.90 Å². The third-order valence-corrected chi connectivity index (χ3v) is 5.71. The Labute approximate surface area is 134 Å². The fourth-order valence-electron chi connectivity index (χ4n) is 4.44. The van der Waals surface area contributed by atoms with Gasteiger partial charge in [-0.25, -0.2) is 0 Å². The smallest absolute Gasteiger partial charge is 0.0323 e. The van der Waals surface area contributed by atoms with Gasteiger partial charge in [0.2, 0.25) is 0 Å². The summed E-state index contributed by atoms with van der Waals surface area (Å²) in [5, 5.41) is 0. The van der Waals surface area contributed by atoms with Crippen molar-refractivity contribution in [2.75, 3.05) is 6.54 Å². The molecule has 0 spiro atoms. The van der Waals surface area contributed by atoms with Crippen molar-refractivity contribution >= 4 is 0 Å². The normalized spacial score (nSPS) is 26.0. The van der Waals surface area contributed by atoms with Crippen LogP contribution in [-0.2, 0) is 12.8 Å². The zero-order chi connectivity index (χ0) is 14.9. The van der Waals surface area contributed by atoms with E-state index in [9.17, 15) is 0 Å². The molecule has 2 heterocycles. The number of rotatable bonds is 2. The van der Waals surface area contributed by atoms with E-state index in [4.69, 9.17) is 0 Å². The maximum atomic E-state index is 2.78. The molecule has 0 unspecified atom stereocenters. The third kappa shape index (κ3) is 2.59. The van der Waals surface area contributed by atoms with Gasteiger partial charge in [0.1, 0.15) is 0 Å². The van der Waals surface area contributed by atoms with Gasteiger partial charge in [-0.2, -0.15) is 0 Å². The standard InChI is InChI=1S/C21H25N/c1-16(18-7-3-2-4-8-18)22-15-17-11-12-21(22)14-20-10-6-5-9-19(20)13-17/h2-10,16-17,21H,11-15H2,1H3/t16-,17+,21-/m1/s1. The summed E-state index contributed by atoms with van der Waals surface area (Å²) in [7, 11) is 0. The molecule has 5 rings (SSSR count). The lowest BCUT2D eigenvalue weighted by atomic mass is 9.79. The highest BCUT2D eigenvalue weighted by Gasteiger charge is 2.34. The molecule has 2 aromatic carbocycles. The van der Waals surface area contributed by atoms with Crippen LogP contribution in [0.2, 0.25) is 0 Å². The molecule has 0 aromatic heterocycles. The Morgan fingerprint density at radius 2 is 1.55 bits per heavy atom. The molecule has 1 saturated heterocycles. The highest BCUT2D eigenvalue weighted by Crippen LogP contribution is 2.36. The summed E-state index contributed by atoms with van der Waals surface area (Å²) in [6, 6.07) is 21.4. The summed E-state index contributed by atoms with van der Waals surface area (Å²) in [6.07, 6.45) is 5.24. The van der Waals surface area contributed by atoms with Gasteiger partial charge < -0.3 is 0 Å². The summed E-state index contributed by atoms with van der Waals surface area (Å²) in [5.74, 6) is 0.823. The van der Waals surface area contributed by atoms with Crippen molar-refractivity contribution in [3.8, 4) is 0 Å². The Morgan fingerprint density at radius 3 is 2.32 bits per heavy atom. The lowest BCUT2D eigenvalue weighted by molar-refractivity contribution is 0.0643. The van der Waals surface area contributed by atoms with Gasteiger partial charge in [-0.1, -0.05) is 54.6 Å². The second kappa shape index (κ2) is 5.89. The number of piperidine rings is 1. The fourth-order valence-corrected chi connectivity index (χ4v) is 4.44. The second-order valence-corrected chi connectivity index (χ2v) is 7.06. The molecule has 1 fully saturated rings. The number of benzene rings is 2. The van der Waals surface area contributed by atoms with Crippen LogP contribution in [0.5, 0.6) is 0 Å². The Hall–Kier alpha value is -1.60. The van der Waals surface area contributed by atoms with E-state index in [2.05, 4.69) is 66.4 Å². The molecule has 3 aliphatic rings. The summed E-state index contributed by atoms with van der Waals surface area (Å²) in [5.41, 5.74) is 4.65. The van der Waals surface area contributed by atoms with Crippen molar-refractivity contribution in [3.05, 3.63) is 71.3 Å². The molecule has 2 aromatic rings. The van der Waals surface area contributed by atoms with Crippen molar-refractivity contribution in [2.24, 2.45) is 5.92 Å². The molecule has 1 heteroatoms. The highest BCUT2D eigenvalue weighted by atomic mass is 15.2. The van der Waals surface area contributed by atoms with E-state index >= 15 is 0 Å². The highest BCUT2D eigenvalue weighted by molar-refractivity contribution is 5.30. The van der Waals surface area contributed by atoms with Crippen LogP contribution in [0.3, 0.4) is 0 Å². The fraction of sp³-hybridized carbons (Fsp3) is 0.429. The van der Waals surface area contributed by atoms with Gasteiger partial charge in [0.15, 0.2) is 0 Å². The average Bonchev–Trinajstić information content (AvgIpc) is 2.55. The molecule has 22 heavy (non-hydrogen) atoms. The van der Waals surface area contributed by atoms with E-state index in [1.807, 2.05) is 0 Å². The Morgan fingerprint density at radius 1 is 0.864 bits per heavy atom. The van der Waals surface area contributed by atoms with Crippen LogP contribution in [0.4, 0.5) is 0 Å². The summed E-state index contributed by atoms with van der Waals surface area (Å²) in [4.78, 5) is 2.78. The monoisotopic (exact) mass is 291 g/mol. The molecule has 0 amide bonds. The SMILES string of the molecule is C[C@H](c1ccccc1)N1C[C@H]2CC[C@@H]1Cc1ccccc1C2. The summed E-state index contributed by atoms with van der Waals surface area (Å²) >= 11 is 0. The van der Waals surface area contributed by atoms with Gasteiger partial charge in [-0.15, -0.1) is 0 Å². The predicted molar refractivity (Wildman–Crippen MR) is 91.9 cm³/mol. The number of nitrogens with zero attached hydrogens (tertiary/aromatic N) is 1. The minimum absolute atomic E-state index is 0.527. The molecule has 0 radical (unpaired) electrons. The van der Waals surface area contributed by atoms with E-state index in [1.54, 1.807) is 11.1 Å². The van der Waals surface area contributed by atoms with Crippen LogP contribution < -0.4 is 0 Å². The first kappa shape index (κ1) is 14.0. The Kier molecular flexibility index (Phi) is 3.75. The lowest BCUT2D eigenvalue weighted by Crippen LogP contribution is -2.47. The van der Waals surface area contributed by atoms with Gasteiger partial charge in [-0.05, 0) is 55.2 Å². The predicted octanol–water partition coefficient (Wildman–Crippen LogP) is 4.63. The van der Waals surface area contributed by atoms with E-state index in [0.29, 0.717) is 12.1 Å². The van der Waals surface area contributed by atoms with Gasteiger partial charge >= 0.3 is 0 Å². The van der Waals surface area contributed by atoms with Crippen molar-refractivity contribution < 1.29 is 0 Å². The molecule has 1 aliphatic carbocycles. The molecule has 0 N–H and O–H groups in total. The number of fused-ring (bicyclic) bond motifs is 2. The summed E-state index contributed by atoms with van der Waals surface area (Å²) in [6.45, 7) is 3.65. The minimum atomic E-state index is 0.527. The third-order valence-electron chi connectivity index (χ3n) is 5.71. The van der Waals surface area contributed by atoms with Crippen LogP contribution in [0.25, 0.3) is 0 Å². The van der Waals surface area contributed by atoms with E-state index in [0.717, 1.165) is 5.92 Å². The largest absolute Gasteiger partial charge is 0.293 e. The van der Waals surface area contributed by atoms with Crippen LogP contribution in [0.15, 0.2) is 54.6 Å². The zero-order valence-electron chi connectivity index (χ0n) is 13.4. The zero-order valence-corrected chi connectivity index (χ0v) is 13.4. The second-order valence-electron chi connectivity index (χ2n) is 7.06. The summed E-state index contributed by atoms with van der Waals surface area (Å²) < 4.78 is 0. The van der Waals surface area contributed by atoms with Crippen molar-refractivity contribution in [3.63, 3.8) is 0 Å². The molecule has 1 nitrogen and oxygen atoms in total. The Bertz CT molecular complexity index is 633. The van der Waals surface area contributed by atoms with E-state index < -0.39 is 0 Å². The lowest BCUT2D eigenvalue weighted by Gasteiger charge is -2.45. The topological polar surface area (TPSA) is 3.24 Å². The van der Waals surface area contributed by atoms with Crippen LogP contribution in [0.1, 0.15) is 42.5 Å². The minimum Gasteiger partial charge on any atom is -0.293 e. The maximum Gasteiger partial charge on any atom is 0.0323 e. The Balaban J connectivity index is 1.64. The number of hydrogen-bond donors (Lipinski definition) is 0. The molecular weight excluding hydrogens is 266 g/mol. The molecule has 2 bridgehead atoms. The van der Waals surface area contributed by atoms with Crippen LogP contribution in [0, 0.1) is 5.92 Å². The molecule has 114 valence electrons. The van der Waals surface area contributed by atoms with Crippen LogP contribution >= 0.6 is 0 Å². The van der Waals surface area contributed by atoms with E-state index in [1.165, 1.54) is 37.8 Å². The number of hydrogen-bond acceptors (Lipinski definition) is 1. The van der Waals surface area contributed by atoms with E-state index in [-0.39, 0.29) is 0 Å². The average molecular weight is 291 g/mol. The first-order valence-electron chi connectivity index (χ1n) is 8.69. The molecule has 0 saturated carbocycles. The van der Waals surface area contributed by atoms with Gasteiger partial charge in [0.05, 0.1) is 0 Å². The molecule has 3 atom stereocenters. The van der Waals surface area contributed by atoms with Crippen molar-refractivity contribution in [1.29, 1.82) is 0 Å². The van der Waals surface area contributed by atoms with Gasteiger partial charge in [0.25, 0.3) is 0 Å². The van der Waals surface area contributed by atoms with Crippen molar-refractivity contribution in [2.45, 2.75) is 44.7 Å². The molecular formula is C21H25N. The quantitative estimate of drug-likeness (QED) is 0.780. The molecule has 2 aliphatic heterocycles. The van der Waals surface area contributed by atoms with Crippen LogP contribution in [-0.4, -0.2) is 17.5 Å². The van der Waals surface area contributed by atoms with Gasteiger partial charge in [0, 0.05) is 18.6 Å². The first-order valence-corrected chi connectivity index (χ1v) is 8.69. The first-order chi connectivity index (χ1) is 10.8.